The second-order valence-corrected chi connectivity index (χ2v) is 4.97. The molecule has 2 heterocycles. The third-order valence-electron chi connectivity index (χ3n) is 3.40. The van der Waals surface area contributed by atoms with Crippen molar-refractivity contribution in [3.63, 3.8) is 0 Å². The average Bonchev–Trinajstić information content (AvgIpc) is 2.53. The van der Waals surface area contributed by atoms with Crippen molar-refractivity contribution in [1.29, 1.82) is 0 Å². The highest BCUT2D eigenvalue weighted by Crippen LogP contribution is 2.23. The first kappa shape index (κ1) is 15.2. The summed E-state index contributed by atoms with van der Waals surface area (Å²) in [5.74, 6) is 1.91. The van der Waals surface area contributed by atoms with Crippen molar-refractivity contribution in [1.82, 2.24) is 15.0 Å². The van der Waals surface area contributed by atoms with Gasteiger partial charge in [-0.2, -0.15) is 0 Å². The number of pyridine rings is 1. The van der Waals surface area contributed by atoms with Gasteiger partial charge in [-0.25, -0.2) is 9.97 Å². The molecule has 1 N–H and O–H groups in total. The van der Waals surface area contributed by atoms with Gasteiger partial charge in [0, 0.05) is 37.6 Å². The maximum absolute atomic E-state index is 4.47. The van der Waals surface area contributed by atoms with Crippen molar-refractivity contribution in [3.8, 4) is 0 Å². The summed E-state index contributed by atoms with van der Waals surface area (Å²) in [5, 5.41) is 3.36. The van der Waals surface area contributed by atoms with E-state index in [2.05, 4.69) is 45.9 Å². The number of nitrogens with zero attached hydrogens (tertiary/aromatic N) is 4. The minimum Gasteiger partial charge on any atom is -0.370 e. The molecule has 0 aliphatic rings. The van der Waals surface area contributed by atoms with Crippen LogP contribution >= 0.6 is 0 Å². The predicted molar refractivity (Wildman–Crippen MR) is 86.5 cm³/mol. The molecule has 0 aliphatic heterocycles. The van der Waals surface area contributed by atoms with Crippen LogP contribution in [0.2, 0.25) is 0 Å². The van der Waals surface area contributed by atoms with Crippen molar-refractivity contribution in [2.75, 3.05) is 23.3 Å². The zero-order valence-corrected chi connectivity index (χ0v) is 13.0. The van der Waals surface area contributed by atoms with E-state index in [0.29, 0.717) is 0 Å². The molecule has 5 heteroatoms. The van der Waals surface area contributed by atoms with Crippen LogP contribution in [0.15, 0.2) is 30.9 Å². The van der Waals surface area contributed by atoms with Gasteiger partial charge >= 0.3 is 0 Å². The molecule has 2 aromatic heterocycles. The van der Waals surface area contributed by atoms with Crippen LogP contribution in [0.1, 0.15) is 31.4 Å². The van der Waals surface area contributed by atoms with Gasteiger partial charge in [0.1, 0.15) is 18.0 Å². The number of nitrogens with one attached hydrogen (secondary N) is 1. The van der Waals surface area contributed by atoms with Crippen molar-refractivity contribution in [2.45, 2.75) is 33.7 Å². The van der Waals surface area contributed by atoms with Gasteiger partial charge in [-0.05, 0) is 38.0 Å². The summed E-state index contributed by atoms with van der Waals surface area (Å²) in [5.41, 5.74) is 2.33. The third-order valence-corrected chi connectivity index (χ3v) is 3.40. The van der Waals surface area contributed by atoms with Gasteiger partial charge in [-0.3, -0.25) is 4.98 Å². The van der Waals surface area contributed by atoms with E-state index in [4.69, 9.17) is 0 Å². The van der Waals surface area contributed by atoms with E-state index in [1.807, 2.05) is 24.5 Å². The zero-order valence-electron chi connectivity index (χ0n) is 13.0. The molecule has 21 heavy (non-hydrogen) atoms. The van der Waals surface area contributed by atoms with Crippen molar-refractivity contribution in [3.05, 3.63) is 42.0 Å². The first-order chi connectivity index (χ1) is 10.3. The Kier molecular flexibility index (Phi) is 5.49. The summed E-state index contributed by atoms with van der Waals surface area (Å²) in [4.78, 5) is 15.1. The maximum atomic E-state index is 4.47. The lowest BCUT2D eigenvalue weighted by Crippen LogP contribution is -2.24. The Labute approximate surface area is 126 Å². The van der Waals surface area contributed by atoms with Crippen LogP contribution in [-0.4, -0.2) is 28.0 Å². The monoisotopic (exact) mass is 285 g/mol. The molecule has 0 unspecified atom stereocenters. The van der Waals surface area contributed by atoms with E-state index in [1.54, 1.807) is 6.33 Å². The molecular formula is C16H23N5. The van der Waals surface area contributed by atoms with E-state index in [1.165, 1.54) is 5.56 Å². The topological polar surface area (TPSA) is 53.9 Å². The Morgan fingerprint density at radius 3 is 2.57 bits per heavy atom. The summed E-state index contributed by atoms with van der Waals surface area (Å²) in [6.45, 7) is 9.00. The van der Waals surface area contributed by atoms with E-state index < -0.39 is 0 Å². The van der Waals surface area contributed by atoms with Crippen LogP contribution in [0.5, 0.6) is 0 Å². The first-order valence-corrected chi connectivity index (χ1v) is 7.45. The second kappa shape index (κ2) is 7.57. The molecule has 0 amide bonds. The molecular weight excluding hydrogens is 262 g/mol. The Balaban J connectivity index is 2.21. The maximum Gasteiger partial charge on any atom is 0.137 e. The Bertz CT molecular complexity index is 556. The molecule has 112 valence electrons. The Hall–Kier alpha value is -2.17. The molecule has 0 aliphatic carbocycles. The first-order valence-electron chi connectivity index (χ1n) is 7.45. The highest BCUT2D eigenvalue weighted by Gasteiger charge is 2.13. The van der Waals surface area contributed by atoms with Gasteiger partial charge in [0.2, 0.25) is 0 Å². The quantitative estimate of drug-likeness (QED) is 0.847. The van der Waals surface area contributed by atoms with E-state index in [0.717, 1.165) is 43.3 Å². The van der Waals surface area contributed by atoms with Gasteiger partial charge in [0.25, 0.3) is 0 Å². The fraction of sp³-hybridized carbons (Fsp3) is 0.438. The molecule has 2 rings (SSSR count). The molecule has 2 aromatic rings. The van der Waals surface area contributed by atoms with E-state index >= 15 is 0 Å². The van der Waals surface area contributed by atoms with Crippen LogP contribution in [0.3, 0.4) is 0 Å². The fourth-order valence-corrected chi connectivity index (χ4v) is 2.23. The molecule has 0 atom stereocenters. The van der Waals surface area contributed by atoms with Gasteiger partial charge in [0.05, 0.1) is 0 Å². The molecule has 5 nitrogen and oxygen atoms in total. The number of hydrogen-bond acceptors (Lipinski definition) is 5. The van der Waals surface area contributed by atoms with Crippen molar-refractivity contribution in [2.24, 2.45) is 0 Å². The highest BCUT2D eigenvalue weighted by molar-refractivity contribution is 5.58. The second-order valence-electron chi connectivity index (χ2n) is 4.97. The largest absolute Gasteiger partial charge is 0.370 e. The lowest BCUT2D eigenvalue weighted by molar-refractivity contribution is 0.802. The standard InChI is InChI=1S/C16H23N5/c1-4-8-18-15-13(3)16(20-12-19-15)21(5-2)11-14-6-9-17-10-7-14/h6-7,9-10,12H,4-5,8,11H2,1-3H3,(H,18,19,20). The molecule has 0 aromatic carbocycles. The smallest absolute Gasteiger partial charge is 0.137 e. The van der Waals surface area contributed by atoms with Crippen LogP contribution in [0.25, 0.3) is 0 Å². The third kappa shape index (κ3) is 3.90. The normalized spacial score (nSPS) is 10.4. The van der Waals surface area contributed by atoms with Gasteiger partial charge in [0.15, 0.2) is 0 Å². The van der Waals surface area contributed by atoms with Crippen LogP contribution < -0.4 is 10.2 Å². The molecule has 0 fully saturated rings. The van der Waals surface area contributed by atoms with Crippen LogP contribution in [0.4, 0.5) is 11.6 Å². The number of hydrogen-bond donors (Lipinski definition) is 1. The summed E-state index contributed by atoms with van der Waals surface area (Å²) in [6.07, 6.45) is 6.36. The SMILES string of the molecule is CCCNc1ncnc(N(CC)Cc2ccncc2)c1C. The summed E-state index contributed by atoms with van der Waals surface area (Å²) >= 11 is 0. The minimum absolute atomic E-state index is 0.824. The lowest BCUT2D eigenvalue weighted by Gasteiger charge is -2.24. The van der Waals surface area contributed by atoms with E-state index in [-0.39, 0.29) is 0 Å². The number of rotatable bonds is 7. The highest BCUT2D eigenvalue weighted by atomic mass is 15.2. The van der Waals surface area contributed by atoms with Crippen LogP contribution in [-0.2, 0) is 6.54 Å². The van der Waals surface area contributed by atoms with Crippen LogP contribution in [0, 0.1) is 6.92 Å². The van der Waals surface area contributed by atoms with Crippen molar-refractivity contribution < 1.29 is 0 Å². The summed E-state index contributed by atoms with van der Waals surface area (Å²) in [6, 6.07) is 4.07. The van der Waals surface area contributed by atoms with Gasteiger partial charge < -0.3 is 10.2 Å². The average molecular weight is 285 g/mol. The molecule has 0 bridgehead atoms. The molecule has 0 spiro atoms. The Morgan fingerprint density at radius 1 is 1.14 bits per heavy atom. The lowest BCUT2D eigenvalue weighted by atomic mass is 10.2. The number of aromatic nitrogens is 3. The minimum atomic E-state index is 0.824. The van der Waals surface area contributed by atoms with E-state index in [9.17, 15) is 0 Å². The fourth-order valence-electron chi connectivity index (χ4n) is 2.23. The summed E-state index contributed by atoms with van der Waals surface area (Å²) < 4.78 is 0. The molecule has 0 saturated carbocycles. The Morgan fingerprint density at radius 2 is 1.90 bits per heavy atom. The predicted octanol–water partition coefficient (Wildman–Crippen LogP) is 3.03. The van der Waals surface area contributed by atoms with Crippen molar-refractivity contribution >= 4 is 11.6 Å². The molecule has 0 saturated heterocycles. The number of anilines is 2. The van der Waals surface area contributed by atoms with Gasteiger partial charge in [-0.15, -0.1) is 0 Å². The summed E-state index contributed by atoms with van der Waals surface area (Å²) in [7, 11) is 0. The van der Waals surface area contributed by atoms with Gasteiger partial charge in [-0.1, -0.05) is 6.92 Å². The molecule has 0 radical (unpaired) electrons. The zero-order chi connectivity index (χ0) is 15.1.